The minimum absolute atomic E-state index is 0.185. The summed E-state index contributed by atoms with van der Waals surface area (Å²) in [5, 5.41) is 3.42. The molecular formula is C16H26N2O2. The van der Waals surface area contributed by atoms with Gasteiger partial charge in [-0.15, -0.1) is 0 Å². The summed E-state index contributed by atoms with van der Waals surface area (Å²) in [5.41, 5.74) is 3.70. The van der Waals surface area contributed by atoms with Crippen molar-refractivity contribution in [1.29, 1.82) is 0 Å². The Bertz CT molecular complexity index is 462. The van der Waals surface area contributed by atoms with Crippen LogP contribution in [0.1, 0.15) is 22.7 Å². The van der Waals surface area contributed by atoms with Crippen molar-refractivity contribution >= 4 is 0 Å². The van der Waals surface area contributed by atoms with Crippen molar-refractivity contribution in [3.8, 4) is 5.75 Å². The number of likely N-dealkylation sites (N-methyl/N-ethyl adjacent to an activating group) is 2. The minimum Gasteiger partial charge on any atom is -0.496 e. The van der Waals surface area contributed by atoms with Crippen LogP contribution in [0.15, 0.2) is 12.1 Å². The van der Waals surface area contributed by atoms with Crippen molar-refractivity contribution in [3.05, 3.63) is 28.8 Å². The van der Waals surface area contributed by atoms with Gasteiger partial charge in [-0.2, -0.15) is 0 Å². The third-order valence-corrected chi connectivity index (χ3v) is 4.10. The fraction of sp³-hybridized carbons (Fsp3) is 0.625. The summed E-state index contributed by atoms with van der Waals surface area (Å²) in [6.45, 7) is 6.98. The highest BCUT2D eigenvalue weighted by Gasteiger charge is 2.28. The molecule has 0 amide bonds. The molecule has 1 aromatic carbocycles. The molecule has 1 heterocycles. The van der Waals surface area contributed by atoms with E-state index in [1.165, 1.54) is 11.1 Å². The maximum atomic E-state index is 5.97. The van der Waals surface area contributed by atoms with Crippen molar-refractivity contribution in [2.45, 2.75) is 26.0 Å². The van der Waals surface area contributed by atoms with E-state index in [2.05, 4.69) is 43.2 Å². The largest absolute Gasteiger partial charge is 0.496 e. The number of nitrogens with one attached hydrogen (secondary N) is 1. The fourth-order valence-electron chi connectivity index (χ4n) is 2.92. The van der Waals surface area contributed by atoms with Gasteiger partial charge in [0.25, 0.3) is 0 Å². The van der Waals surface area contributed by atoms with Crippen molar-refractivity contribution in [2.24, 2.45) is 0 Å². The number of morpholine rings is 1. The quantitative estimate of drug-likeness (QED) is 0.912. The molecule has 0 bridgehead atoms. The van der Waals surface area contributed by atoms with E-state index in [9.17, 15) is 0 Å². The van der Waals surface area contributed by atoms with E-state index in [0.29, 0.717) is 0 Å². The first-order chi connectivity index (χ1) is 9.56. The van der Waals surface area contributed by atoms with Crippen LogP contribution in [-0.2, 0) is 4.74 Å². The number of hydrogen-bond donors (Lipinski definition) is 1. The van der Waals surface area contributed by atoms with Crippen LogP contribution in [0.3, 0.4) is 0 Å². The third kappa shape index (κ3) is 3.14. The minimum atomic E-state index is 0.185. The molecule has 1 aliphatic heterocycles. The molecule has 0 radical (unpaired) electrons. The Balaban J connectivity index is 2.29. The molecule has 1 saturated heterocycles. The Kier molecular flexibility index (Phi) is 5.02. The van der Waals surface area contributed by atoms with Gasteiger partial charge >= 0.3 is 0 Å². The van der Waals surface area contributed by atoms with Gasteiger partial charge < -0.3 is 19.7 Å². The van der Waals surface area contributed by atoms with Crippen LogP contribution in [0, 0.1) is 13.8 Å². The van der Waals surface area contributed by atoms with Crippen LogP contribution in [0.2, 0.25) is 0 Å². The summed E-state index contributed by atoms with van der Waals surface area (Å²) in [4.78, 5) is 2.32. The molecule has 2 unspecified atom stereocenters. The summed E-state index contributed by atoms with van der Waals surface area (Å²) in [5.74, 6) is 0.947. The standard InChI is InChI=1S/C16H26N2O2/c1-11-9-14(19-5)12(2)8-13(11)16(17-3)15-10-18(4)6-7-20-15/h8-9,15-17H,6-7,10H2,1-5H3. The highest BCUT2D eigenvalue weighted by atomic mass is 16.5. The zero-order chi connectivity index (χ0) is 14.7. The first-order valence-electron chi connectivity index (χ1n) is 7.19. The Hall–Kier alpha value is -1.10. The Morgan fingerprint density at radius 1 is 1.35 bits per heavy atom. The topological polar surface area (TPSA) is 33.7 Å². The van der Waals surface area contributed by atoms with Crippen LogP contribution in [0.5, 0.6) is 5.75 Å². The van der Waals surface area contributed by atoms with Crippen molar-refractivity contribution < 1.29 is 9.47 Å². The molecule has 1 N–H and O–H groups in total. The van der Waals surface area contributed by atoms with Crippen molar-refractivity contribution in [1.82, 2.24) is 10.2 Å². The molecular weight excluding hydrogens is 252 g/mol. The second-order valence-corrected chi connectivity index (χ2v) is 5.62. The summed E-state index contributed by atoms with van der Waals surface area (Å²) < 4.78 is 11.4. The first kappa shape index (κ1) is 15.3. The summed E-state index contributed by atoms with van der Waals surface area (Å²) in [6, 6.07) is 4.54. The van der Waals surface area contributed by atoms with E-state index >= 15 is 0 Å². The van der Waals surface area contributed by atoms with Crippen molar-refractivity contribution in [2.75, 3.05) is 40.9 Å². The monoisotopic (exact) mass is 278 g/mol. The molecule has 0 saturated carbocycles. The van der Waals surface area contributed by atoms with Crippen LogP contribution in [-0.4, -0.2) is 51.9 Å². The molecule has 2 rings (SSSR count). The highest BCUT2D eigenvalue weighted by Crippen LogP contribution is 2.29. The molecule has 1 fully saturated rings. The Morgan fingerprint density at radius 2 is 2.10 bits per heavy atom. The lowest BCUT2D eigenvalue weighted by atomic mass is 9.94. The molecule has 4 nitrogen and oxygen atoms in total. The SMILES string of the molecule is CNC(c1cc(C)c(OC)cc1C)C1CN(C)CCO1. The van der Waals surface area contributed by atoms with E-state index in [0.717, 1.165) is 31.0 Å². The summed E-state index contributed by atoms with van der Waals surface area (Å²) in [7, 11) is 5.87. The number of hydrogen-bond acceptors (Lipinski definition) is 4. The number of benzene rings is 1. The van der Waals surface area contributed by atoms with Gasteiger partial charge in [-0.25, -0.2) is 0 Å². The maximum absolute atomic E-state index is 5.97. The predicted molar refractivity (Wildman–Crippen MR) is 81.5 cm³/mol. The molecule has 0 aliphatic carbocycles. The van der Waals surface area contributed by atoms with Crippen LogP contribution < -0.4 is 10.1 Å². The number of ether oxygens (including phenoxy) is 2. The molecule has 4 heteroatoms. The molecule has 1 aromatic rings. The highest BCUT2D eigenvalue weighted by molar-refractivity contribution is 5.43. The fourth-order valence-corrected chi connectivity index (χ4v) is 2.92. The van der Waals surface area contributed by atoms with Gasteiger partial charge in [-0.05, 0) is 50.7 Å². The van der Waals surface area contributed by atoms with Gasteiger partial charge in [0.15, 0.2) is 0 Å². The lowest BCUT2D eigenvalue weighted by Crippen LogP contribution is -2.46. The zero-order valence-electron chi connectivity index (χ0n) is 13.2. The van der Waals surface area contributed by atoms with Gasteiger partial charge in [0.1, 0.15) is 5.75 Å². The van der Waals surface area contributed by atoms with E-state index in [4.69, 9.17) is 9.47 Å². The first-order valence-corrected chi connectivity index (χ1v) is 7.19. The number of nitrogens with zero attached hydrogens (tertiary/aromatic N) is 1. The number of methoxy groups -OCH3 is 1. The Labute approximate surface area is 122 Å². The second-order valence-electron chi connectivity index (χ2n) is 5.62. The van der Waals surface area contributed by atoms with Gasteiger partial charge in [0.05, 0.1) is 25.9 Å². The van der Waals surface area contributed by atoms with Crippen LogP contribution in [0.4, 0.5) is 0 Å². The van der Waals surface area contributed by atoms with Gasteiger partial charge in [-0.3, -0.25) is 0 Å². The lowest BCUT2D eigenvalue weighted by molar-refractivity contribution is -0.0381. The Morgan fingerprint density at radius 3 is 2.70 bits per heavy atom. The van der Waals surface area contributed by atoms with E-state index in [1.54, 1.807) is 7.11 Å². The van der Waals surface area contributed by atoms with Gasteiger partial charge in [-0.1, -0.05) is 6.07 Å². The number of aryl methyl sites for hydroxylation is 2. The molecule has 1 aliphatic rings. The van der Waals surface area contributed by atoms with E-state index in [-0.39, 0.29) is 12.1 Å². The molecule has 20 heavy (non-hydrogen) atoms. The van der Waals surface area contributed by atoms with Gasteiger partial charge in [0, 0.05) is 13.1 Å². The second kappa shape index (κ2) is 6.57. The van der Waals surface area contributed by atoms with Gasteiger partial charge in [0.2, 0.25) is 0 Å². The summed E-state index contributed by atoms with van der Waals surface area (Å²) in [6.07, 6.45) is 0.185. The molecule has 2 atom stereocenters. The smallest absolute Gasteiger partial charge is 0.122 e. The zero-order valence-corrected chi connectivity index (χ0v) is 13.2. The van der Waals surface area contributed by atoms with Crippen LogP contribution in [0.25, 0.3) is 0 Å². The maximum Gasteiger partial charge on any atom is 0.122 e. The van der Waals surface area contributed by atoms with E-state index in [1.807, 2.05) is 7.05 Å². The third-order valence-electron chi connectivity index (χ3n) is 4.10. The average molecular weight is 278 g/mol. The average Bonchev–Trinajstić information content (AvgIpc) is 2.43. The molecule has 112 valence electrons. The number of rotatable bonds is 4. The normalized spacial score (nSPS) is 21.8. The molecule has 0 spiro atoms. The van der Waals surface area contributed by atoms with Crippen LogP contribution >= 0.6 is 0 Å². The van der Waals surface area contributed by atoms with E-state index < -0.39 is 0 Å². The predicted octanol–water partition coefficient (Wildman–Crippen LogP) is 1.90. The lowest BCUT2D eigenvalue weighted by Gasteiger charge is -2.36. The molecule has 0 aromatic heterocycles. The summed E-state index contributed by atoms with van der Waals surface area (Å²) >= 11 is 0. The van der Waals surface area contributed by atoms with Crippen molar-refractivity contribution in [3.63, 3.8) is 0 Å².